The number of urea groups is 1. The van der Waals surface area contributed by atoms with Crippen molar-refractivity contribution in [2.24, 2.45) is 11.8 Å². The molecule has 0 spiro atoms. The van der Waals surface area contributed by atoms with Crippen LogP contribution in [-0.2, 0) is 4.74 Å². The minimum atomic E-state index is -0.662. The number of anilines is 3. The third-order valence-electron chi connectivity index (χ3n) is 5.38. The van der Waals surface area contributed by atoms with Gasteiger partial charge in [0.1, 0.15) is 11.5 Å². The number of methoxy groups -OCH3 is 1. The topological polar surface area (TPSA) is 75.6 Å². The number of hydrogen-bond donors (Lipinski definition) is 2. The average molecular weight is 549 g/mol. The molecule has 0 aliphatic heterocycles. The number of halogens is 3. The van der Waals surface area contributed by atoms with Gasteiger partial charge in [-0.25, -0.2) is 14.0 Å². The van der Waals surface area contributed by atoms with Gasteiger partial charge in [-0.15, -0.1) is 0 Å². The number of nitrogens with one attached hydrogen (secondary N) is 2. The van der Waals surface area contributed by atoms with Gasteiger partial charge in [-0.05, 0) is 54.3 Å². The summed E-state index contributed by atoms with van der Waals surface area (Å²) < 4.78 is 20.8. The molecule has 1 aromatic heterocycles. The summed E-state index contributed by atoms with van der Waals surface area (Å²) in [5.74, 6) is -0.549. The van der Waals surface area contributed by atoms with Crippen molar-refractivity contribution in [1.29, 1.82) is 0 Å². The highest BCUT2D eigenvalue weighted by atomic mass is 35.5. The first-order valence-electron chi connectivity index (χ1n) is 11.9. The molecule has 0 saturated heterocycles. The third-order valence-corrected chi connectivity index (χ3v) is 5.91. The van der Waals surface area contributed by atoms with Crippen molar-refractivity contribution in [2.75, 3.05) is 35.7 Å². The van der Waals surface area contributed by atoms with E-state index in [0.717, 1.165) is 6.07 Å². The predicted octanol–water partition coefficient (Wildman–Crippen LogP) is 7.47. The highest BCUT2D eigenvalue weighted by molar-refractivity contribution is 6.34. The summed E-state index contributed by atoms with van der Waals surface area (Å²) in [6, 6.07) is 10.1. The van der Waals surface area contributed by atoms with Crippen LogP contribution in [0.5, 0.6) is 0 Å². The van der Waals surface area contributed by atoms with Gasteiger partial charge in [-0.2, -0.15) is 0 Å². The monoisotopic (exact) mass is 548 g/mol. The van der Waals surface area contributed by atoms with Crippen LogP contribution in [0.25, 0.3) is 5.69 Å². The van der Waals surface area contributed by atoms with Crippen molar-refractivity contribution >= 4 is 52.3 Å². The minimum absolute atomic E-state index is 0.0229. The maximum Gasteiger partial charge on any atom is 0.355 e. The lowest BCUT2D eigenvalue weighted by Gasteiger charge is -2.31. The molecule has 0 fully saturated rings. The van der Waals surface area contributed by atoms with Crippen molar-refractivity contribution < 1.29 is 18.7 Å². The van der Waals surface area contributed by atoms with Crippen LogP contribution in [0.1, 0.15) is 38.2 Å². The van der Waals surface area contributed by atoms with Crippen molar-refractivity contribution in [3.63, 3.8) is 0 Å². The van der Waals surface area contributed by atoms with Crippen LogP contribution in [0.4, 0.5) is 26.2 Å². The number of hydrogen-bond acceptors (Lipinski definition) is 4. The number of benzene rings is 2. The summed E-state index contributed by atoms with van der Waals surface area (Å²) >= 11 is 12.7. The number of amides is 2. The molecule has 0 saturated carbocycles. The van der Waals surface area contributed by atoms with Crippen LogP contribution in [-0.4, -0.2) is 36.8 Å². The van der Waals surface area contributed by atoms with Gasteiger partial charge < -0.3 is 24.8 Å². The standard InChI is InChI=1S/C27H31Cl2FN4O3/c1-16(2)14-33(15-17(3)4)25-20(29)12-19(34-10-6-7-24(34)26(35)37-5)13-23(25)32-27(36)31-22-9-8-18(28)11-21(22)30/h6-13,16-17H,14-15H2,1-5H3,(H2,31,32,36). The molecule has 2 N–H and O–H groups in total. The van der Waals surface area contributed by atoms with E-state index in [-0.39, 0.29) is 10.7 Å². The van der Waals surface area contributed by atoms with Gasteiger partial charge in [0, 0.05) is 30.0 Å². The Morgan fingerprint density at radius 1 is 1.00 bits per heavy atom. The van der Waals surface area contributed by atoms with Crippen molar-refractivity contribution in [1.82, 2.24) is 4.57 Å². The number of esters is 1. The Labute approximate surface area is 226 Å². The molecular weight excluding hydrogens is 518 g/mol. The Kier molecular flexibility index (Phi) is 9.45. The van der Waals surface area contributed by atoms with E-state index in [2.05, 4.69) is 43.2 Å². The van der Waals surface area contributed by atoms with Crippen molar-refractivity contribution in [3.05, 3.63) is 70.2 Å². The van der Waals surface area contributed by atoms with Crippen LogP contribution in [0.2, 0.25) is 10.0 Å². The van der Waals surface area contributed by atoms with Gasteiger partial charge in [0.15, 0.2) is 0 Å². The fourth-order valence-electron chi connectivity index (χ4n) is 4.02. The molecule has 0 bridgehead atoms. The SMILES string of the molecule is COC(=O)c1cccn1-c1cc(Cl)c(N(CC(C)C)CC(C)C)c(NC(=O)Nc2ccc(Cl)cc2F)c1. The lowest BCUT2D eigenvalue weighted by atomic mass is 10.1. The van der Waals surface area contributed by atoms with E-state index < -0.39 is 17.8 Å². The fraction of sp³-hybridized carbons (Fsp3) is 0.333. The van der Waals surface area contributed by atoms with E-state index in [1.807, 2.05) is 0 Å². The zero-order chi connectivity index (χ0) is 27.3. The Morgan fingerprint density at radius 2 is 1.65 bits per heavy atom. The van der Waals surface area contributed by atoms with Crippen molar-refractivity contribution in [3.8, 4) is 5.69 Å². The van der Waals surface area contributed by atoms with E-state index >= 15 is 0 Å². The molecule has 3 aromatic rings. The third kappa shape index (κ3) is 7.17. The molecule has 1 heterocycles. The maximum atomic E-state index is 14.3. The number of aromatic nitrogens is 1. The Hall–Kier alpha value is -3.23. The predicted molar refractivity (Wildman–Crippen MR) is 148 cm³/mol. The Morgan fingerprint density at radius 3 is 2.24 bits per heavy atom. The lowest BCUT2D eigenvalue weighted by molar-refractivity contribution is 0.0591. The summed E-state index contributed by atoms with van der Waals surface area (Å²) in [5, 5.41) is 5.95. The second kappa shape index (κ2) is 12.3. The first kappa shape index (κ1) is 28.3. The fourth-order valence-corrected chi connectivity index (χ4v) is 4.51. The van der Waals surface area contributed by atoms with E-state index in [9.17, 15) is 14.0 Å². The number of carbonyl (C=O) groups is 2. The Balaban J connectivity index is 2.09. The summed E-state index contributed by atoms with van der Waals surface area (Å²) in [6.07, 6.45) is 1.70. The largest absolute Gasteiger partial charge is 0.464 e. The summed E-state index contributed by atoms with van der Waals surface area (Å²) in [7, 11) is 1.30. The summed E-state index contributed by atoms with van der Waals surface area (Å²) in [5.41, 5.74) is 1.85. The molecule has 3 rings (SSSR count). The number of carbonyl (C=O) groups excluding carboxylic acids is 2. The number of rotatable bonds is 9. The molecule has 37 heavy (non-hydrogen) atoms. The highest BCUT2D eigenvalue weighted by Crippen LogP contribution is 2.38. The molecule has 7 nitrogen and oxygen atoms in total. The average Bonchev–Trinajstić information content (AvgIpc) is 3.29. The minimum Gasteiger partial charge on any atom is -0.464 e. The molecule has 198 valence electrons. The van der Waals surface area contributed by atoms with Gasteiger partial charge in [0.2, 0.25) is 0 Å². The second-order valence-corrected chi connectivity index (χ2v) is 10.3. The molecule has 0 aliphatic rings. The molecule has 2 aromatic carbocycles. The first-order chi connectivity index (χ1) is 17.5. The van der Waals surface area contributed by atoms with Gasteiger partial charge >= 0.3 is 12.0 Å². The summed E-state index contributed by atoms with van der Waals surface area (Å²) in [4.78, 5) is 27.4. The van der Waals surface area contributed by atoms with E-state index in [1.54, 1.807) is 35.0 Å². The van der Waals surface area contributed by atoms with Crippen LogP contribution < -0.4 is 15.5 Å². The smallest absolute Gasteiger partial charge is 0.355 e. The molecular formula is C27H31Cl2FN4O3. The van der Waals surface area contributed by atoms with Gasteiger partial charge in [-0.3, -0.25) is 0 Å². The van der Waals surface area contributed by atoms with E-state index in [0.29, 0.717) is 52.7 Å². The van der Waals surface area contributed by atoms with Gasteiger partial charge in [-0.1, -0.05) is 50.9 Å². The second-order valence-electron chi connectivity index (χ2n) is 9.47. The lowest BCUT2D eigenvalue weighted by Crippen LogP contribution is -2.33. The van der Waals surface area contributed by atoms with E-state index in [4.69, 9.17) is 27.9 Å². The normalized spacial score (nSPS) is 11.1. The van der Waals surface area contributed by atoms with Crippen LogP contribution in [0.3, 0.4) is 0 Å². The molecule has 0 radical (unpaired) electrons. The van der Waals surface area contributed by atoms with Crippen molar-refractivity contribution in [2.45, 2.75) is 27.7 Å². The Bertz CT molecular complexity index is 1270. The molecule has 10 heteroatoms. The van der Waals surface area contributed by atoms with Crippen LogP contribution in [0, 0.1) is 17.7 Å². The quantitative estimate of drug-likeness (QED) is 0.272. The zero-order valence-electron chi connectivity index (χ0n) is 21.4. The van der Waals surface area contributed by atoms with Crippen LogP contribution in [0.15, 0.2) is 48.7 Å². The maximum absolute atomic E-state index is 14.3. The number of nitrogens with zero attached hydrogens (tertiary/aromatic N) is 2. The highest BCUT2D eigenvalue weighted by Gasteiger charge is 2.22. The number of ether oxygens (including phenoxy) is 1. The van der Waals surface area contributed by atoms with E-state index in [1.165, 1.54) is 19.2 Å². The molecule has 0 unspecified atom stereocenters. The zero-order valence-corrected chi connectivity index (χ0v) is 23.0. The molecule has 0 atom stereocenters. The first-order valence-corrected chi connectivity index (χ1v) is 12.6. The van der Waals surface area contributed by atoms with Crippen LogP contribution >= 0.6 is 23.2 Å². The molecule has 2 amide bonds. The van der Waals surface area contributed by atoms with Gasteiger partial charge in [0.05, 0.1) is 29.2 Å². The molecule has 0 aliphatic carbocycles. The summed E-state index contributed by atoms with van der Waals surface area (Å²) in [6.45, 7) is 9.78. The van der Waals surface area contributed by atoms with Gasteiger partial charge in [0.25, 0.3) is 0 Å².